The van der Waals surface area contributed by atoms with Crippen molar-refractivity contribution in [1.29, 1.82) is 0 Å². The molecular formula is C16H16FN5O. The van der Waals surface area contributed by atoms with Gasteiger partial charge in [0.2, 0.25) is 5.91 Å². The topological polar surface area (TPSA) is 72.2 Å². The third-order valence-corrected chi connectivity index (χ3v) is 3.38. The van der Waals surface area contributed by atoms with E-state index in [0.29, 0.717) is 18.1 Å². The summed E-state index contributed by atoms with van der Waals surface area (Å²) >= 11 is 0. The minimum Gasteiger partial charge on any atom is -0.352 e. The number of fused-ring (bicyclic) bond motifs is 1. The number of amides is 1. The second-order valence-electron chi connectivity index (χ2n) is 5.36. The molecule has 2 heterocycles. The molecule has 7 heteroatoms. The van der Waals surface area contributed by atoms with Crippen LogP contribution in [0.4, 0.5) is 4.39 Å². The molecule has 1 aromatic carbocycles. The van der Waals surface area contributed by atoms with Gasteiger partial charge in [-0.2, -0.15) is 4.98 Å². The quantitative estimate of drug-likeness (QED) is 0.796. The van der Waals surface area contributed by atoms with Crippen LogP contribution in [0.5, 0.6) is 0 Å². The third-order valence-electron chi connectivity index (χ3n) is 3.38. The monoisotopic (exact) mass is 313 g/mol. The number of carbonyl (C=O) groups is 1. The predicted octanol–water partition coefficient (Wildman–Crippen LogP) is 1.74. The van der Waals surface area contributed by atoms with Gasteiger partial charge in [0.15, 0.2) is 5.82 Å². The molecule has 0 radical (unpaired) electrons. The Labute approximate surface area is 132 Å². The molecule has 3 rings (SSSR count). The van der Waals surface area contributed by atoms with Gasteiger partial charge in [-0.3, -0.25) is 4.79 Å². The summed E-state index contributed by atoms with van der Waals surface area (Å²) in [4.78, 5) is 20.5. The van der Waals surface area contributed by atoms with Crippen LogP contribution in [0.1, 0.15) is 22.8 Å². The van der Waals surface area contributed by atoms with Crippen LogP contribution in [0.25, 0.3) is 5.78 Å². The molecule has 0 atom stereocenters. The normalized spacial score (nSPS) is 10.9. The van der Waals surface area contributed by atoms with E-state index in [1.54, 1.807) is 16.6 Å². The molecule has 0 aliphatic rings. The van der Waals surface area contributed by atoms with Crippen LogP contribution in [0.3, 0.4) is 0 Å². The molecule has 0 fully saturated rings. The van der Waals surface area contributed by atoms with Gasteiger partial charge in [0.05, 0.1) is 6.42 Å². The first kappa shape index (κ1) is 15.1. The average Bonchev–Trinajstić information content (AvgIpc) is 2.89. The Bertz CT molecular complexity index is 857. The minimum atomic E-state index is -0.299. The number of hydrogen-bond donors (Lipinski definition) is 1. The van der Waals surface area contributed by atoms with E-state index in [0.717, 1.165) is 17.0 Å². The SMILES string of the molecule is Cc1cc(C)n2nc(CC(=O)NCc3ccc(F)cc3)nc2n1. The molecule has 118 valence electrons. The largest absolute Gasteiger partial charge is 0.352 e. The molecule has 0 unspecified atom stereocenters. The van der Waals surface area contributed by atoms with Crippen LogP contribution in [0, 0.1) is 19.7 Å². The summed E-state index contributed by atoms with van der Waals surface area (Å²) in [7, 11) is 0. The molecule has 0 aliphatic heterocycles. The highest BCUT2D eigenvalue weighted by atomic mass is 19.1. The Kier molecular flexibility index (Phi) is 4.01. The van der Waals surface area contributed by atoms with Crippen LogP contribution in [-0.2, 0) is 17.8 Å². The zero-order valence-corrected chi connectivity index (χ0v) is 12.9. The third kappa shape index (κ3) is 3.50. The lowest BCUT2D eigenvalue weighted by Gasteiger charge is -2.03. The van der Waals surface area contributed by atoms with E-state index in [2.05, 4.69) is 20.4 Å². The van der Waals surface area contributed by atoms with Crippen LogP contribution >= 0.6 is 0 Å². The summed E-state index contributed by atoms with van der Waals surface area (Å²) in [6.07, 6.45) is 0.0725. The second-order valence-corrected chi connectivity index (χ2v) is 5.36. The van der Waals surface area contributed by atoms with Crippen molar-refractivity contribution in [1.82, 2.24) is 24.9 Å². The number of halogens is 1. The standard InChI is InChI=1S/C16H16FN5O/c1-10-7-11(2)22-16(19-10)20-14(21-22)8-15(23)18-9-12-3-5-13(17)6-4-12/h3-7H,8-9H2,1-2H3,(H,18,23). The Hall–Kier alpha value is -2.83. The van der Waals surface area contributed by atoms with E-state index in [1.807, 2.05) is 19.9 Å². The molecule has 23 heavy (non-hydrogen) atoms. The highest BCUT2D eigenvalue weighted by Gasteiger charge is 2.11. The van der Waals surface area contributed by atoms with Crippen LogP contribution in [-0.4, -0.2) is 25.5 Å². The molecule has 0 spiro atoms. The predicted molar refractivity (Wildman–Crippen MR) is 82.2 cm³/mol. The number of benzene rings is 1. The smallest absolute Gasteiger partial charge is 0.252 e. The maximum atomic E-state index is 12.8. The summed E-state index contributed by atoms with van der Waals surface area (Å²) in [5, 5.41) is 7.06. The van der Waals surface area contributed by atoms with Gasteiger partial charge in [-0.25, -0.2) is 13.9 Å². The van der Waals surface area contributed by atoms with Crippen molar-refractivity contribution in [2.75, 3.05) is 0 Å². The van der Waals surface area contributed by atoms with E-state index >= 15 is 0 Å². The van der Waals surface area contributed by atoms with Crippen molar-refractivity contribution in [3.05, 3.63) is 58.9 Å². The van der Waals surface area contributed by atoms with E-state index in [-0.39, 0.29) is 18.1 Å². The molecule has 0 saturated carbocycles. The summed E-state index contributed by atoms with van der Waals surface area (Å²) in [6, 6.07) is 7.90. The summed E-state index contributed by atoms with van der Waals surface area (Å²) in [5.41, 5.74) is 2.60. The summed E-state index contributed by atoms with van der Waals surface area (Å²) < 4.78 is 14.4. The minimum absolute atomic E-state index is 0.0725. The van der Waals surface area contributed by atoms with Crippen molar-refractivity contribution in [3.63, 3.8) is 0 Å². The van der Waals surface area contributed by atoms with Gasteiger partial charge in [-0.05, 0) is 37.6 Å². The molecule has 0 saturated heterocycles. The van der Waals surface area contributed by atoms with Crippen molar-refractivity contribution < 1.29 is 9.18 Å². The Morgan fingerprint density at radius 1 is 1.22 bits per heavy atom. The van der Waals surface area contributed by atoms with E-state index < -0.39 is 0 Å². The van der Waals surface area contributed by atoms with E-state index in [1.165, 1.54) is 12.1 Å². The average molecular weight is 313 g/mol. The zero-order valence-electron chi connectivity index (χ0n) is 12.9. The highest BCUT2D eigenvalue weighted by Crippen LogP contribution is 2.06. The van der Waals surface area contributed by atoms with E-state index in [9.17, 15) is 9.18 Å². The molecule has 1 N–H and O–H groups in total. The molecule has 6 nitrogen and oxygen atoms in total. The van der Waals surface area contributed by atoms with E-state index in [4.69, 9.17) is 0 Å². The molecule has 0 aliphatic carbocycles. The lowest BCUT2D eigenvalue weighted by atomic mass is 10.2. The second kappa shape index (κ2) is 6.12. The van der Waals surface area contributed by atoms with Gasteiger partial charge in [0, 0.05) is 17.9 Å². The number of rotatable bonds is 4. The number of aryl methyl sites for hydroxylation is 2. The van der Waals surface area contributed by atoms with Gasteiger partial charge in [0.1, 0.15) is 5.82 Å². The van der Waals surface area contributed by atoms with Crippen molar-refractivity contribution in [2.24, 2.45) is 0 Å². The lowest BCUT2D eigenvalue weighted by molar-refractivity contribution is -0.120. The first-order chi connectivity index (χ1) is 11.0. The number of nitrogens with one attached hydrogen (secondary N) is 1. The van der Waals surface area contributed by atoms with Crippen LogP contribution < -0.4 is 5.32 Å². The van der Waals surface area contributed by atoms with Gasteiger partial charge < -0.3 is 5.32 Å². The number of hydrogen-bond acceptors (Lipinski definition) is 4. The Morgan fingerprint density at radius 3 is 2.70 bits per heavy atom. The summed E-state index contributed by atoms with van der Waals surface area (Å²) in [6.45, 7) is 4.13. The van der Waals surface area contributed by atoms with Gasteiger partial charge in [-0.15, -0.1) is 5.10 Å². The molecular weight excluding hydrogens is 297 g/mol. The van der Waals surface area contributed by atoms with Gasteiger partial charge in [-0.1, -0.05) is 12.1 Å². The fourth-order valence-corrected chi connectivity index (χ4v) is 2.29. The van der Waals surface area contributed by atoms with Gasteiger partial charge in [0.25, 0.3) is 5.78 Å². The molecule has 3 aromatic rings. The highest BCUT2D eigenvalue weighted by molar-refractivity contribution is 5.77. The maximum absolute atomic E-state index is 12.8. The fourth-order valence-electron chi connectivity index (χ4n) is 2.29. The Morgan fingerprint density at radius 2 is 1.96 bits per heavy atom. The van der Waals surface area contributed by atoms with Crippen LogP contribution in [0.2, 0.25) is 0 Å². The molecule has 1 amide bonds. The van der Waals surface area contributed by atoms with Gasteiger partial charge >= 0.3 is 0 Å². The number of aromatic nitrogens is 4. The van der Waals surface area contributed by atoms with Crippen molar-refractivity contribution >= 4 is 11.7 Å². The first-order valence-electron chi connectivity index (χ1n) is 7.22. The van der Waals surface area contributed by atoms with Crippen molar-refractivity contribution in [3.8, 4) is 0 Å². The van der Waals surface area contributed by atoms with Crippen molar-refractivity contribution in [2.45, 2.75) is 26.8 Å². The molecule has 2 aromatic heterocycles. The fraction of sp³-hybridized carbons (Fsp3) is 0.250. The number of nitrogens with zero attached hydrogens (tertiary/aromatic N) is 4. The number of carbonyl (C=O) groups excluding carboxylic acids is 1. The Balaban J connectivity index is 1.65. The first-order valence-corrected chi connectivity index (χ1v) is 7.22. The maximum Gasteiger partial charge on any atom is 0.252 e. The molecule has 0 bridgehead atoms. The summed E-state index contributed by atoms with van der Waals surface area (Å²) in [5.74, 6) is 0.415. The van der Waals surface area contributed by atoms with Crippen LogP contribution in [0.15, 0.2) is 30.3 Å². The zero-order chi connectivity index (χ0) is 16.4. The lowest BCUT2D eigenvalue weighted by Crippen LogP contribution is -2.25.